The van der Waals surface area contributed by atoms with Gasteiger partial charge in [-0.3, -0.25) is 9.59 Å². The van der Waals surface area contributed by atoms with E-state index < -0.39 is 12.0 Å². The zero-order valence-corrected chi connectivity index (χ0v) is 19.6. The van der Waals surface area contributed by atoms with E-state index in [2.05, 4.69) is 22.3 Å². The van der Waals surface area contributed by atoms with Gasteiger partial charge in [0.25, 0.3) is 11.8 Å². The average molecular weight is 478 g/mol. The van der Waals surface area contributed by atoms with Gasteiger partial charge in [-0.05, 0) is 29.1 Å². The van der Waals surface area contributed by atoms with Crippen LogP contribution in [0, 0.1) is 0 Å². The molecule has 1 atom stereocenters. The van der Waals surface area contributed by atoms with Gasteiger partial charge in [-0.2, -0.15) is 0 Å². The van der Waals surface area contributed by atoms with Crippen LogP contribution in [0.5, 0.6) is 0 Å². The fourth-order valence-corrected chi connectivity index (χ4v) is 4.48. The van der Waals surface area contributed by atoms with Crippen LogP contribution < -0.4 is 10.2 Å². The second-order valence-corrected chi connectivity index (χ2v) is 8.95. The number of carbonyl (C=O) groups excluding carboxylic acids is 3. The quantitative estimate of drug-likeness (QED) is 0.505. The normalized spacial score (nSPS) is 14.4. The van der Waals surface area contributed by atoms with Crippen molar-refractivity contribution in [2.24, 2.45) is 0 Å². The van der Waals surface area contributed by atoms with Crippen molar-refractivity contribution in [3.05, 3.63) is 88.6 Å². The van der Waals surface area contributed by atoms with Crippen molar-refractivity contribution in [2.45, 2.75) is 12.5 Å². The van der Waals surface area contributed by atoms with Gasteiger partial charge >= 0.3 is 5.97 Å². The van der Waals surface area contributed by atoms with Gasteiger partial charge in [-0.15, -0.1) is 11.3 Å². The van der Waals surface area contributed by atoms with Crippen LogP contribution in [-0.4, -0.2) is 61.5 Å². The minimum absolute atomic E-state index is 0.232. The molecule has 34 heavy (non-hydrogen) atoms. The first-order chi connectivity index (χ1) is 16.6. The highest BCUT2D eigenvalue weighted by Crippen LogP contribution is 2.16. The van der Waals surface area contributed by atoms with E-state index in [0.29, 0.717) is 18.0 Å². The van der Waals surface area contributed by atoms with Gasteiger partial charge in [-0.1, -0.05) is 54.6 Å². The number of ether oxygens (including phenoxy) is 1. The molecule has 0 spiro atoms. The number of hydrogen-bond acceptors (Lipinski definition) is 6. The molecule has 4 rings (SSSR count). The highest BCUT2D eigenvalue weighted by Gasteiger charge is 2.27. The molecule has 0 bridgehead atoms. The number of amides is 2. The van der Waals surface area contributed by atoms with E-state index in [4.69, 9.17) is 4.74 Å². The fraction of sp³-hybridized carbons (Fsp3) is 0.269. The highest BCUT2D eigenvalue weighted by atomic mass is 32.1. The van der Waals surface area contributed by atoms with Gasteiger partial charge in [0.15, 0.2) is 6.61 Å². The van der Waals surface area contributed by atoms with Gasteiger partial charge in [0.2, 0.25) is 0 Å². The van der Waals surface area contributed by atoms with Crippen molar-refractivity contribution in [2.75, 3.05) is 37.7 Å². The maximum atomic E-state index is 12.9. The van der Waals surface area contributed by atoms with Crippen molar-refractivity contribution < 1.29 is 19.1 Å². The lowest BCUT2D eigenvalue weighted by Crippen LogP contribution is -2.50. The fourth-order valence-electron chi connectivity index (χ4n) is 3.86. The average Bonchev–Trinajstić information content (AvgIpc) is 3.43. The molecule has 0 aliphatic carbocycles. The lowest BCUT2D eigenvalue weighted by Gasteiger charge is -2.36. The van der Waals surface area contributed by atoms with Crippen LogP contribution in [0.1, 0.15) is 15.2 Å². The van der Waals surface area contributed by atoms with Gasteiger partial charge in [0.1, 0.15) is 6.04 Å². The van der Waals surface area contributed by atoms with Crippen molar-refractivity contribution in [3.8, 4) is 0 Å². The summed E-state index contributed by atoms with van der Waals surface area (Å²) in [5.74, 6) is -1.19. The maximum Gasteiger partial charge on any atom is 0.329 e. The van der Waals surface area contributed by atoms with E-state index in [1.807, 2.05) is 48.5 Å². The molecule has 176 valence electrons. The molecule has 2 heterocycles. The van der Waals surface area contributed by atoms with Crippen LogP contribution in [0.15, 0.2) is 78.2 Å². The molecule has 2 aromatic carbocycles. The second kappa shape index (κ2) is 11.5. The van der Waals surface area contributed by atoms with Crippen molar-refractivity contribution in [1.82, 2.24) is 10.2 Å². The number of piperazine rings is 1. The van der Waals surface area contributed by atoms with Crippen LogP contribution >= 0.6 is 11.3 Å². The minimum Gasteiger partial charge on any atom is -0.454 e. The number of thiophene rings is 1. The molecule has 1 N–H and O–H groups in total. The number of rotatable bonds is 8. The molecule has 1 aromatic heterocycles. The standard InChI is InChI=1S/C26H27N3O4S/c30-24(29-15-13-28(14-16-29)21-10-5-2-6-11-21)19-33-26(32)22(18-20-8-3-1-4-9-20)27-25(31)23-12-7-17-34-23/h1-12,17,22H,13-16,18-19H2,(H,27,31)/t22-/m1/s1. The molecule has 7 nitrogen and oxygen atoms in total. The predicted octanol–water partition coefficient (Wildman–Crippen LogP) is 2.98. The number of para-hydroxylation sites is 1. The number of benzene rings is 2. The van der Waals surface area contributed by atoms with Crippen molar-refractivity contribution in [1.29, 1.82) is 0 Å². The van der Waals surface area contributed by atoms with Gasteiger partial charge < -0.3 is 19.9 Å². The van der Waals surface area contributed by atoms with E-state index in [1.54, 1.807) is 22.4 Å². The van der Waals surface area contributed by atoms with E-state index in [-0.39, 0.29) is 24.8 Å². The Morgan fingerprint density at radius 2 is 1.56 bits per heavy atom. The summed E-state index contributed by atoms with van der Waals surface area (Å²) in [4.78, 5) is 42.6. The molecule has 1 fully saturated rings. The first kappa shape index (κ1) is 23.5. The first-order valence-electron chi connectivity index (χ1n) is 11.2. The number of hydrogen-bond donors (Lipinski definition) is 1. The van der Waals surface area contributed by atoms with Crippen LogP contribution in [0.3, 0.4) is 0 Å². The van der Waals surface area contributed by atoms with Gasteiger partial charge in [-0.25, -0.2) is 4.79 Å². The molecule has 1 saturated heterocycles. The number of nitrogens with zero attached hydrogens (tertiary/aromatic N) is 2. The molecule has 2 amide bonds. The smallest absolute Gasteiger partial charge is 0.329 e. The Kier molecular flexibility index (Phi) is 7.93. The third kappa shape index (κ3) is 6.23. The molecule has 1 aliphatic rings. The largest absolute Gasteiger partial charge is 0.454 e. The monoisotopic (exact) mass is 477 g/mol. The van der Waals surface area contributed by atoms with Crippen LogP contribution in [0.4, 0.5) is 5.69 Å². The summed E-state index contributed by atoms with van der Waals surface area (Å²) in [6.45, 7) is 2.22. The van der Waals surface area contributed by atoms with E-state index in [1.165, 1.54) is 11.3 Å². The topological polar surface area (TPSA) is 78.9 Å². The molecule has 0 radical (unpaired) electrons. The van der Waals surface area contributed by atoms with E-state index >= 15 is 0 Å². The molecule has 0 unspecified atom stereocenters. The Bertz CT molecular complexity index is 1080. The Labute approximate surface area is 202 Å². The third-order valence-corrected chi connectivity index (χ3v) is 6.58. The SMILES string of the molecule is O=C(N[C@H](Cc1ccccc1)C(=O)OCC(=O)N1CCN(c2ccccc2)CC1)c1cccs1. The van der Waals surface area contributed by atoms with Crippen LogP contribution in [0.25, 0.3) is 0 Å². The summed E-state index contributed by atoms with van der Waals surface area (Å²) in [5, 5.41) is 4.56. The molecule has 3 aromatic rings. The lowest BCUT2D eigenvalue weighted by atomic mass is 10.1. The zero-order valence-electron chi connectivity index (χ0n) is 18.8. The highest BCUT2D eigenvalue weighted by molar-refractivity contribution is 7.12. The van der Waals surface area contributed by atoms with E-state index in [0.717, 1.165) is 24.3 Å². The summed E-state index contributed by atoms with van der Waals surface area (Å²) in [7, 11) is 0. The Balaban J connectivity index is 1.31. The summed E-state index contributed by atoms with van der Waals surface area (Å²) in [6.07, 6.45) is 0.279. The maximum absolute atomic E-state index is 12.9. The molecular formula is C26H27N3O4S. The van der Waals surface area contributed by atoms with Gasteiger partial charge in [0, 0.05) is 38.3 Å². The molecular weight excluding hydrogens is 450 g/mol. The number of anilines is 1. The van der Waals surface area contributed by atoms with Crippen LogP contribution in [-0.2, 0) is 20.7 Å². The first-order valence-corrected chi connectivity index (χ1v) is 12.1. The predicted molar refractivity (Wildman–Crippen MR) is 132 cm³/mol. The summed E-state index contributed by atoms with van der Waals surface area (Å²) < 4.78 is 5.37. The second-order valence-electron chi connectivity index (χ2n) is 8.00. The minimum atomic E-state index is -0.889. The van der Waals surface area contributed by atoms with Gasteiger partial charge in [0.05, 0.1) is 4.88 Å². The third-order valence-electron chi connectivity index (χ3n) is 5.71. The lowest BCUT2D eigenvalue weighted by molar-refractivity contribution is -0.153. The summed E-state index contributed by atoms with van der Waals surface area (Å²) in [5.41, 5.74) is 2.02. The number of carbonyl (C=O) groups is 3. The molecule has 8 heteroatoms. The summed E-state index contributed by atoms with van der Waals surface area (Å²) in [6, 6.07) is 22.1. The van der Waals surface area contributed by atoms with Crippen LogP contribution in [0.2, 0.25) is 0 Å². The molecule has 0 saturated carbocycles. The Morgan fingerprint density at radius 3 is 2.21 bits per heavy atom. The van der Waals surface area contributed by atoms with Crippen molar-refractivity contribution >= 4 is 34.8 Å². The Hall–Kier alpha value is -3.65. The Morgan fingerprint density at radius 1 is 0.882 bits per heavy atom. The number of nitrogens with one attached hydrogen (secondary N) is 1. The number of esters is 1. The zero-order chi connectivity index (χ0) is 23.8. The van der Waals surface area contributed by atoms with E-state index in [9.17, 15) is 14.4 Å². The summed E-state index contributed by atoms with van der Waals surface area (Å²) >= 11 is 1.30. The molecule has 1 aliphatic heterocycles. The van der Waals surface area contributed by atoms with Crippen molar-refractivity contribution in [3.63, 3.8) is 0 Å².